The van der Waals surface area contributed by atoms with Crippen LogP contribution in [0.15, 0.2) is 65.2 Å². The van der Waals surface area contributed by atoms with Gasteiger partial charge in [0.25, 0.3) is 4.84 Å². The molecule has 3 N–H and O–H groups in total. The molecule has 3 aromatic rings. The van der Waals surface area contributed by atoms with Crippen molar-refractivity contribution in [2.75, 3.05) is 11.9 Å². The Balaban J connectivity index is 1.67. The summed E-state index contributed by atoms with van der Waals surface area (Å²) in [4.78, 5) is 3.12. The van der Waals surface area contributed by atoms with Gasteiger partial charge in [-0.2, -0.15) is 0 Å². The van der Waals surface area contributed by atoms with Gasteiger partial charge in [0.1, 0.15) is 5.76 Å². The number of aliphatic hydroxyl groups excluding tert-OH is 1. The fourth-order valence-corrected chi connectivity index (χ4v) is 2.62. The van der Waals surface area contributed by atoms with E-state index in [4.69, 9.17) is 16.6 Å². The maximum absolute atomic E-state index is 10.2. The molecule has 23 heavy (non-hydrogen) atoms. The van der Waals surface area contributed by atoms with E-state index in [0.717, 1.165) is 16.8 Å². The molecule has 4 nitrogen and oxygen atoms in total. The fourth-order valence-electron chi connectivity index (χ4n) is 2.46. The number of aromatic nitrogens is 1. The lowest BCUT2D eigenvalue weighted by Crippen LogP contribution is -2.21. The molecular weight excluding hydrogens is 308 g/mol. The van der Waals surface area contributed by atoms with Crippen LogP contribution in [0.4, 0.5) is 5.69 Å². The van der Waals surface area contributed by atoms with E-state index >= 15 is 0 Å². The SMILES string of the molecule is OC(CNc1ccccc1-c1ccccc1)Cc1c[nH]c(=S)o1. The van der Waals surface area contributed by atoms with Gasteiger partial charge < -0.3 is 19.8 Å². The highest BCUT2D eigenvalue weighted by molar-refractivity contribution is 7.71. The van der Waals surface area contributed by atoms with E-state index in [9.17, 15) is 5.11 Å². The molecule has 1 unspecified atom stereocenters. The molecule has 0 aliphatic rings. The summed E-state index contributed by atoms with van der Waals surface area (Å²) in [7, 11) is 0. The van der Waals surface area contributed by atoms with Crippen LogP contribution in [0.2, 0.25) is 0 Å². The zero-order valence-corrected chi connectivity index (χ0v) is 13.3. The second-order valence-electron chi connectivity index (χ2n) is 5.29. The second kappa shape index (κ2) is 7.26. The third-order valence-electron chi connectivity index (χ3n) is 3.55. The number of para-hydroxylation sites is 1. The van der Waals surface area contributed by atoms with Gasteiger partial charge in [-0.05, 0) is 23.8 Å². The van der Waals surface area contributed by atoms with Crippen molar-refractivity contribution in [1.29, 1.82) is 0 Å². The number of aliphatic hydroxyl groups is 1. The third-order valence-corrected chi connectivity index (χ3v) is 3.75. The van der Waals surface area contributed by atoms with E-state index in [1.165, 1.54) is 0 Å². The summed E-state index contributed by atoms with van der Waals surface area (Å²) in [6.07, 6.45) is 1.53. The van der Waals surface area contributed by atoms with Crippen molar-refractivity contribution in [2.45, 2.75) is 12.5 Å². The molecule has 0 fully saturated rings. The number of nitrogens with one attached hydrogen (secondary N) is 2. The third kappa shape index (κ3) is 4.09. The summed E-state index contributed by atoms with van der Waals surface area (Å²) >= 11 is 4.88. The zero-order valence-electron chi connectivity index (χ0n) is 12.5. The van der Waals surface area contributed by atoms with Crippen molar-refractivity contribution >= 4 is 17.9 Å². The molecular formula is C18H18N2O2S. The van der Waals surface area contributed by atoms with E-state index in [-0.39, 0.29) is 0 Å². The minimum Gasteiger partial charge on any atom is -0.435 e. The van der Waals surface area contributed by atoms with Crippen molar-refractivity contribution in [3.8, 4) is 11.1 Å². The Morgan fingerprint density at radius 3 is 2.57 bits per heavy atom. The smallest absolute Gasteiger partial charge is 0.266 e. The standard InChI is InChI=1S/C18H18N2O2S/c21-14(10-15-12-20-18(23)22-15)11-19-17-9-5-4-8-16(17)13-6-2-1-3-7-13/h1-9,12,14,19,21H,10-11H2,(H,20,23). The van der Waals surface area contributed by atoms with Crippen LogP contribution >= 0.6 is 12.2 Å². The highest BCUT2D eigenvalue weighted by Crippen LogP contribution is 2.27. The first-order chi connectivity index (χ1) is 11.2. The molecule has 1 atom stereocenters. The molecule has 1 aromatic heterocycles. The van der Waals surface area contributed by atoms with Crippen LogP contribution in [0.25, 0.3) is 11.1 Å². The number of benzene rings is 2. The van der Waals surface area contributed by atoms with E-state index in [1.54, 1.807) is 6.20 Å². The van der Waals surface area contributed by atoms with Crippen LogP contribution in [0.3, 0.4) is 0 Å². The zero-order chi connectivity index (χ0) is 16.1. The number of hydrogen-bond acceptors (Lipinski definition) is 4. The maximum atomic E-state index is 10.2. The molecule has 2 aromatic carbocycles. The number of rotatable bonds is 6. The number of oxazole rings is 1. The van der Waals surface area contributed by atoms with Crippen molar-refractivity contribution < 1.29 is 9.52 Å². The van der Waals surface area contributed by atoms with Crippen LogP contribution in [-0.4, -0.2) is 22.7 Å². The molecule has 118 valence electrons. The molecule has 0 saturated carbocycles. The molecule has 0 aliphatic heterocycles. The van der Waals surface area contributed by atoms with Crippen LogP contribution in [-0.2, 0) is 6.42 Å². The first kappa shape index (κ1) is 15.5. The van der Waals surface area contributed by atoms with E-state index < -0.39 is 6.10 Å². The van der Waals surface area contributed by atoms with Gasteiger partial charge in [-0.25, -0.2) is 0 Å². The second-order valence-corrected chi connectivity index (χ2v) is 5.67. The minimum atomic E-state index is -0.562. The van der Waals surface area contributed by atoms with Gasteiger partial charge in [-0.3, -0.25) is 0 Å². The molecule has 0 bridgehead atoms. The Morgan fingerprint density at radius 1 is 1.09 bits per heavy atom. The summed E-state index contributed by atoms with van der Waals surface area (Å²) < 4.78 is 5.27. The lowest BCUT2D eigenvalue weighted by atomic mass is 10.0. The van der Waals surface area contributed by atoms with Crippen LogP contribution in [0.5, 0.6) is 0 Å². The Bertz CT molecular complexity index is 811. The predicted octanol–water partition coefficient (Wildman–Crippen LogP) is 4.02. The molecule has 0 saturated heterocycles. The number of hydrogen-bond donors (Lipinski definition) is 3. The average molecular weight is 326 g/mol. The maximum Gasteiger partial charge on any atom is 0.266 e. The van der Waals surface area contributed by atoms with Crippen LogP contribution in [0, 0.1) is 4.84 Å². The molecule has 0 amide bonds. The van der Waals surface area contributed by atoms with Crippen molar-refractivity contribution in [3.05, 3.63) is 71.4 Å². The predicted molar refractivity (Wildman–Crippen MR) is 94.0 cm³/mol. The Kier molecular flexibility index (Phi) is 4.90. The fraction of sp³-hybridized carbons (Fsp3) is 0.167. The number of aromatic amines is 1. The van der Waals surface area contributed by atoms with E-state index in [2.05, 4.69) is 28.5 Å². The van der Waals surface area contributed by atoms with Gasteiger partial charge in [-0.1, -0.05) is 48.5 Å². The first-order valence-corrected chi connectivity index (χ1v) is 7.87. The van der Waals surface area contributed by atoms with Gasteiger partial charge in [0.05, 0.1) is 6.10 Å². The summed E-state index contributed by atoms with van der Waals surface area (Å²) in [5.41, 5.74) is 3.24. The molecule has 1 heterocycles. The monoisotopic (exact) mass is 326 g/mol. The minimum absolute atomic E-state index is 0.328. The highest BCUT2D eigenvalue weighted by Gasteiger charge is 2.10. The van der Waals surface area contributed by atoms with Crippen molar-refractivity contribution in [2.24, 2.45) is 0 Å². The molecule has 5 heteroatoms. The van der Waals surface area contributed by atoms with Gasteiger partial charge in [-0.15, -0.1) is 0 Å². The Labute approximate surface area is 139 Å². The van der Waals surface area contributed by atoms with Gasteiger partial charge in [0.15, 0.2) is 0 Å². The first-order valence-electron chi connectivity index (χ1n) is 7.46. The quantitative estimate of drug-likeness (QED) is 0.599. The Hall–Kier alpha value is -2.37. The van der Waals surface area contributed by atoms with Gasteiger partial charge in [0.2, 0.25) is 0 Å². The normalized spacial score (nSPS) is 12.0. The van der Waals surface area contributed by atoms with Crippen molar-refractivity contribution in [1.82, 2.24) is 4.98 Å². The molecule has 3 rings (SSSR count). The van der Waals surface area contributed by atoms with Gasteiger partial charge >= 0.3 is 0 Å². The van der Waals surface area contributed by atoms with E-state index in [0.29, 0.717) is 23.6 Å². The molecule has 0 radical (unpaired) electrons. The lowest BCUT2D eigenvalue weighted by Gasteiger charge is -2.15. The molecule has 0 spiro atoms. The topological polar surface area (TPSA) is 61.2 Å². The average Bonchev–Trinajstić information content (AvgIpc) is 2.99. The van der Waals surface area contributed by atoms with Crippen molar-refractivity contribution in [3.63, 3.8) is 0 Å². The summed E-state index contributed by atoms with van der Waals surface area (Å²) in [6.45, 7) is 0.428. The molecule has 0 aliphatic carbocycles. The van der Waals surface area contributed by atoms with Crippen LogP contribution in [0.1, 0.15) is 5.76 Å². The lowest BCUT2D eigenvalue weighted by molar-refractivity contribution is 0.180. The van der Waals surface area contributed by atoms with Gasteiger partial charge in [0, 0.05) is 30.4 Å². The largest absolute Gasteiger partial charge is 0.435 e. The highest BCUT2D eigenvalue weighted by atomic mass is 32.1. The number of H-pyrrole nitrogens is 1. The number of anilines is 1. The Morgan fingerprint density at radius 2 is 1.83 bits per heavy atom. The van der Waals surface area contributed by atoms with Crippen LogP contribution < -0.4 is 5.32 Å². The summed E-state index contributed by atoms with van der Waals surface area (Å²) in [6, 6.07) is 18.2. The summed E-state index contributed by atoms with van der Waals surface area (Å²) in [5.74, 6) is 0.653. The summed E-state index contributed by atoms with van der Waals surface area (Å²) in [5, 5.41) is 13.5. The van der Waals surface area contributed by atoms with E-state index in [1.807, 2.05) is 36.4 Å².